The fraction of sp³-hybridized carbons (Fsp3) is 0.786. The molecule has 0 saturated heterocycles. The van der Waals surface area contributed by atoms with Gasteiger partial charge in [0.1, 0.15) is 0 Å². The smallest absolute Gasteiger partial charge is 0.220 e. The van der Waals surface area contributed by atoms with Gasteiger partial charge in [0, 0.05) is 30.0 Å². The first-order valence-electron chi connectivity index (χ1n) is 13.7. The highest BCUT2D eigenvalue weighted by atomic mass is 28.4. The molecule has 0 radical (unpaired) electrons. The molecular formula is C28H46N6OSi. The van der Waals surface area contributed by atoms with E-state index in [4.69, 9.17) is 10.2 Å². The minimum atomic E-state index is -1.92. The molecule has 0 aromatic carbocycles. The molecule has 1 aromatic heterocycles. The Morgan fingerprint density at radius 1 is 1.28 bits per heavy atom. The molecule has 6 atom stereocenters. The standard InChI is InChI=1S/C28H46N6OSi/c1-18-9-10-22-21(16-32-34-30)23(11-12-27(18,22)5)28(6)14-19-15-31-25(29)33-24(19)13-20(28)17-35-36(7,8)26(2,3)4/h15,20-23H,1,9-14,16-17H2,2-8H3,(H2,29,31,33)/t20-,21+,22+,23+,27-,28+/m1/s1. The SMILES string of the molecule is C=C1CC[C@H]2[C@H](CN=[N+]=[N-])[C@@H]([C@@]3(C)Cc4cnc(N)nc4C[C@@H]3CO[Si](C)(C)C(C)(C)C)CC[C@]12C. The average Bonchev–Trinajstić information content (AvgIpc) is 3.10. The van der Waals surface area contributed by atoms with Crippen molar-refractivity contribution >= 4 is 14.3 Å². The molecule has 0 amide bonds. The molecule has 1 heterocycles. The molecule has 0 unspecified atom stereocenters. The monoisotopic (exact) mass is 510 g/mol. The summed E-state index contributed by atoms with van der Waals surface area (Å²) in [7, 11) is -1.92. The molecular weight excluding hydrogens is 464 g/mol. The number of hydrogen-bond acceptors (Lipinski definition) is 5. The normalized spacial score (nSPS) is 34.6. The predicted octanol–water partition coefficient (Wildman–Crippen LogP) is 7.11. The summed E-state index contributed by atoms with van der Waals surface area (Å²) in [6.07, 6.45) is 8.22. The molecule has 1 aromatic rings. The number of allylic oxidation sites excluding steroid dienone is 1. The maximum Gasteiger partial charge on any atom is 0.220 e. The molecule has 0 bridgehead atoms. The maximum atomic E-state index is 9.27. The molecule has 8 heteroatoms. The van der Waals surface area contributed by atoms with Crippen molar-refractivity contribution in [1.29, 1.82) is 0 Å². The van der Waals surface area contributed by atoms with Crippen molar-refractivity contribution in [1.82, 2.24) is 9.97 Å². The van der Waals surface area contributed by atoms with E-state index in [0.29, 0.717) is 36.2 Å². The average molecular weight is 511 g/mol. The van der Waals surface area contributed by atoms with Gasteiger partial charge in [0.05, 0.1) is 0 Å². The van der Waals surface area contributed by atoms with Gasteiger partial charge in [-0.25, -0.2) is 9.97 Å². The van der Waals surface area contributed by atoms with Gasteiger partial charge < -0.3 is 10.2 Å². The molecule has 36 heavy (non-hydrogen) atoms. The van der Waals surface area contributed by atoms with Crippen molar-refractivity contribution in [3.63, 3.8) is 0 Å². The molecule has 0 aliphatic heterocycles. The Kier molecular flexibility index (Phi) is 7.12. The van der Waals surface area contributed by atoms with Gasteiger partial charge in [-0.05, 0) is 102 Å². The molecule has 198 valence electrons. The van der Waals surface area contributed by atoms with E-state index in [2.05, 4.69) is 74.3 Å². The lowest BCUT2D eigenvalue weighted by Crippen LogP contribution is -2.53. The molecule has 2 saturated carbocycles. The summed E-state index contributed by atoms with van der Waals surface area (Å²) in [5, 5.41) is 4.33. The summed E-state index contributed by atoms with van der Waals surface area (Å²) in [5.74, 6) is 1.96. The minimum absolute atomic E-state index is 0.00423. The number of azide groups is 1. The number of anilines is 1. The quantitative estimate of drug-likeness (QED) is 0.144. The summed E-state index contributed by atoms with van der Waals surface area (Å²) >= 11 is 0. The van der Waals surface area contributed by atoms with Crippen molar-refractivity contribution < 1.29 is 4.43 Å². The van der Waals surface area contributed by atoms with E-state index in [9.17, 15) is 5.53 Å². The lowest BCUT2D eigenvalue weighted by atomic mass is 9.49. The molecule has 2 fully saturated rings. The summed E-state index contributed by atoms with van der Waals surface area (Å²) in [6, 6.07) is 0. The number of nitrogen functional groups attached to an aromatic ring is 1. The molecule has 2 N–H and O–H groups in total. The van der Waals surface area contributed by atoms with Gasteiger partial charge in [-0.3, -0.25) is 0 Å². The van der Waals surface area contributed by atoms with Gasteiger partial charge in [0.2, 0.25) is 5.95 Å². The Morgan fingerprint density at radius 2 is 2.00 bits per heavy atom. The summed E-state index contributed by atoms with van der Waals surface area (Å²) in [6.45, 7) is 22.2. The number of nitrogens with zero attached hydrogens (tertiary/aromatic N) is 5. The highest BCUT2D eigenvalue weighted by molar-refractivity contribution is 6.74. The molecule has 7 nitrogen and oxygen atoms in total. The zero-order chi connectivity index (χ0) is 26.5. The minimum Gasteiger partial charge on any atom is -0.417 e. The first-order chi connectivity index (χ1) is 16.7. The molecule has 0 spiro atoms. The predicted molar refractivity (Wildman–Crippen MR) is 149 cm³/mol. The third-order valence-electron chi connectivity index (χ3n) is 11.0. The second kappa shape index (κ2) is 9.45. The van der Waals surface area contributed by atoms with Crippen molar-refractivity contribution in [2.45, 2.75) is 91.3 Å². The molecule has 3 aliphatic rings. The van der Waals surface area contributed by atoms with Crippen LogP contribution in [0, 0.1) is 34.5 Å². The van der Waals surface area contributed by atoms with Crippen LogP contribution in [-0.2, 0) is 17.3 Å². The van der Waals surface area contributed by atoms with Crippen LogP contribution in [0.3, 0.4) is 0 Å². The van der Waals surface area contributed by atoms with Crippen LogP contribution >= 0.6 is 0 Å². The number of nitrogens with two attached hydrogens (primary N) is 1. The Labute approximate surface area is 218 Å². The van der Waals surface area contributed by atoms with E-state index in [1.807, 2.05) is 6.20 Å². The van der Waals surface area contributed by atoms with E-state index < -0.39 is 8.32 Å². The lowest BCUT2D eigenvalue weighted by Gasteiger charge is -2.56. The summed E-state index contributed by atoms with van der Waals surface area (Å²) < 4.78 is 6.87. The fourth-order valence-corrected chi connectivity index (χ4v) is 8.46. The highest BCUT2D eigenvalue weighted by Crippen LogP contribution is 2.63. The van der Waals surface area contributed by atoms with Crippen LogP contribution in [0.4, 0.5) is 5.95 Å². The zero-order valence-corrected chi connectivity index (χ0v) is 24.5. The first kappa shape index (κ1) is 27.1. The van der Waals surface area contributed by atoms with Crippen molar-refractivity contribution in [3.05, 3.63) is 40.0 Å². The third kappa shape index (κ3) is 4.61. The van der Waals surface area contributed by atoms with Crippen LogP contribution in [0.2, 0.25) is 18.1 Å². The van der Waals surface area contributed by atoms with Crippen molar-refractivity contribution in [2.24, 2.45) is 39.6 Å². The van der Waals surface area contributed by atoms with Gasteiger partial charge >= 0.3 is 0 Å². The Hall–Kier alpha value is -1.89. The second-order valence-electron chi connectivity index (χ2n) is 13.7. The topological polar surface area (TPSA) is 110 Å². The fourth-order valence-electron chi connectivity index (χ4n) is 7.41. The Balaban J connectivity index is 1.73. The highest BCUT2D eigenvalue weighted by Gasteiger charge is 2.57. The van der Waals surface area contributed by atoms with Gasteiger partial charge in [0.25, 0.3) is 0 Å². The van der Waals surface area contributed by atoms with E-state index >= 15 is 0 Å². The van der Waals surface area contributed by atoms with E-state index in [-0.39, 0.29) is 15.9 Å². The molecule has 4 rings (SSSR count). The van der Waals surface area contributed by atoms with Crippen LogP contribution in [0.5, 0.6) is 0 Å². The van der Waals surface area contributed by atoms with E-state index in [0.717, 1.165) is 50.8 Å². The van der Waals surface area contributed by atoms with Crippen LogP contribution < -0.4 is 5.73 Å². The van der Waals surface area contributed by atoms with E-state index in [1.165, 1.54) is 11.1 Å². The number of fused-ring (bicyclic) bond motifs is 2. The van der Waals surface area contributed by atoms with Crippen LogP contribution in [0.1, 0.15) is 71.6 Å². The van der Waals surface area contributed by atoms with Gasteiger partial charge in [0.15, 0.2) is 8.32 Å². The van der Waals surface area contributed by atoms with Crippen LogP contribution in [-0.4, -0.2) is 31.4 Å². The lowest BCUT2D eigenvalue weighted by molar-refractivity contribution is -0.0524. The number of hydrogen-bond donors (Lipinski definition) is 1. The molecule has 3 aliphatic carbocycles. The van der Waals surface area contributed by atoms with Crippen molar-refractivity contribution in [3.8, 4) is 0 Å². The third-order valence-corrected chi connectivity index (χ3v) is 15.5. The first-order valence-corrected chi connectivity index (χ1v) is 16.6. The number of aromatic nitrogens is 2. The van der Waals surface area contributed by atoms with Crippen LogP contribution in [0.15, 0.2) is 23.5 Å². The number of rotatable bonds is 6. The zero-order valence-electron chi connectivity index (χ0n) is 23.5. The van der Waals surface area contributed by atoms with Gasteiger partial charge in [-0.15, -0.1) is 0 Å². The summed E-state index contributed by atoms with van der Waals surface area (Å²) in [4.78, 5) is 12.2. The summed E-state index contributed by atoms with van der Waals surface area (Å²) in [5.41, 5.74) is 19.1. The maximum absolute atomic E-state index is 9.27. The Bertz CT molecular complexity index is 1060. The van der Waals surface area contributed by atoms with Gasteiger partial charge in [-0.1, -0.05) is 51.9 Å². The Morgan fingerprint density at radius 3 is 2.67 bits per heavy atom. The van der Waals surface area contributed by atoms with E-state index in [1.54, 1.807) is 0 Å². The van der Waals surface area contributed by atoms with Crippen molar-refractivity contribution in [2.75, 3.05) is 18.9 Å². The van der Waals surface area contributed by atoms with Gasteiger partial charge in [-0.2, -0.15) is 0 Å². The second-order valence-corrected chi connectivity index (χ2v) is 18.6. The largest absolute Gasteiger partial charge is 0.417 e. The van der Waals surface area contributed by atoms with Crippen LogP contribution in [0.25, 0.3) is 10.4 Å².